The van der Waals surface area contributed by atoms with Gasteiger partial charge >= 0.3 is 5.97 Å². The summed E-state index contributed by atoms with van der Waals surface area (Å²) >= 11 is 0. The highest BCUT2D eigenvalue weighted by atomic mass is 16.5. The summed E-state index contributed by atoms with van der Waals surface area (Å²) in [5, 5.41) is 12.9. The highest BCUT2D eigenvalue weighted by Crippen LogP contribution is 2.22. The molecule has 2 N–H and O–H groups in total. The van der Waals surface area contributed by atoms with Gasteiger partial charge in [0, 0.05) is 6.20 Å². The minimum absolute atomic E-state index is 0.0205. The van der Waals surface area contributed by atoms with Gasteiger partial charge in [-0.05, 0) is 49.8 Å². The van der Waals surface area contributed by atoms with E-state index < -0.39 is 0 Å². The van der Waals surface area contributed by atoms with Gasteiger partial charge in [0.05, 0.1) is 18.2 Å². The average molecular weight is 354 g/mol. The Hall–Kier alpha value is -2.40. The van der Waals surface area contributed by atoms with E-state index >= 15 is 0 Å². The van der Waals surface area contributed by atoms with Crippen molar-refractivity contribution in [2.45, 2.75) is 50.7 Å². The molecule has 2 aromatic rings. The van der Waals surface area contributed by atoms with Crippen LogP contribution in [-0.4, -0.2) is 34.8 Å². The maximum Gasteiger partial charge on any atom is 0.338 e. The summed E-state index contributed by atoms with van der Waals surface area (Å²) in [7, 11) is 0. The van der Waals surface area contributed by atoms with E-state index in [1.54, 1.807) is 18.3 Å². The molecule has 0 unspecified atom stereocenters. The summed E-state index contributed by atoms with van der Waals surface area (Å²) in [4.78, 5) is 16.7. The van der Waals surface area contributed by atoms with Crippen molar-refractivity contribution < 1.29 is 14.6 Å². The van der Waals surface area contributed by atoms with Gasteiger partial charge in [-0.2, -0.15) is 0 Å². The Bertz CT molecular complexity index is 699. The molecule has 0 aliphatic heterocycles. The number of carbonyl (C=O) groups is 1. The van der Waals surface area contributed by atoms with Crippen molar-refractivity contribution in [1.29, 1.82) is 0 Å². The van der Waals surface area contributed by atoms with E-state index in [1.165, 1.54) is 6.42 Å². The molecule has 0 spiro atoms. The maximum atomic E-state index is 12.4. The second-order valence-corrected chi connectivity index (χ2v) is 6.81. The van der Waals surface area contributed by atoms with Crippen LogP contribution in [0.1, 0.15) is 48.0 Å². The van der Waals surface area contributed by atoms with Crippen molar-refractivity contribution in [3.05, 3.63) is 59.8 Å². The van der Waals surface area contributed by atoms with Gasteiger partial charge in [-0.15, -0.1) is 0 Å². The minimum atomic E-state index is -0.300. The van der Waals surface area contributed by atoms with Gasteiger partial charge in [0.15, 0.2) is 0 Å². The highest BCUT2D eigenvalue weighted by molar-refractivity contribution is 5.90. The summed E-state index contributed by atoms with van der Waals surface area (Å²) in [5.41, 5.74) is 1.62. The Labute approximate surface area is 154 Å². The van der Waals surface area contributed by atoms with Crippen LogP contribution in [0.4, 0.5) is 5.82 Å². The van der Waals surface area contributed by atoms with Crippen LogP contribution < -0.4 is 5.32 Å². The molecular formula is C21H26N2O3. The lowest BCUT2D eigenvalue weighted by Crippen LogP contribution is -2.27. The molecule has 1 fully saturated rings. The van der Waals surface area contributed by atoms with E-state index in [2.05, 4.69) is 10.3 Å². The number of ether oxygens (including phenoxy) is 1. The number of rotatable bonds is 7. The molecule has 1 aliphatic rings. The minimum Gasteiger partial charge on any atom is -0.459 e. The SMILES string of the molecule is O=C(OC1CCCCC1)c1ccnc(N[C@@H](CO)Cc2ccccc2)c1. The number of hydrogen-bond donors (Lipinski definition) is 2. The van der Waals surface area contributed by atoms with E-state index in [0.717, 1.165) is 31.2 Å². The zero-order valence-corrected chi connectivity index (χ0v) is 14.9. The number of aromatic nitrogens is 1. The Morgan fingerprint density at radius 2 is 1.96 bits per heavy atom. The van der Waals surface area contributed by atoms with Crippen LogP contribution in [0.15, 0.2) is 48.7 Å². The number of anilines is 1. The number of aliphatic hydroxyl groups excluding tert-OH is 1. The lowest BCUT2D eigenvalue weighted by atomic mass is 9.98. The second-order valence-electron chi connectivity index (χ2n) is 6.81. The van der Waals surface area contributed by atoms with Gasteiger partial charge in [0.1, 0.15) is 11.9 Å². The molecule has 5 nitrogen and oxygen atoms in total. The van der Waals surface area contributed by atoms with E-state index in [0.29, 0.717) is 17.8 Å². The predicted octanol–water partition coefficient (Wildman–Crippen LogP) is 3.59. The van der Waals surface area contributed by atoms with Crippen molar-refractivity contribution in [3.8, 4) is 0 Å². The van der Waals surface area contributed by atoms with Gasteiger partial charge in [0.25, 0.3) is 0 Å². The topological polar surface area (TPSA) is 71.5 Å². The Kier molecular flexibility index (Phi) is 6.61. The first-order valence-corrected chi connectivity index (χ1v) is 9.33. The smallest absolute Gasteiger partial charge is 0.338 e. The van der Waals surface area contributed by atoms with Crippen LogP contribution >= 0.6 is 0 Å². The Balaban J connectivity index is 1.61. The first-order chi connectivity index (χ1) is 12.7. The van der Waals surface area contributed by atoms with Gasteiger partial charge in [-0.3, -0.25) is 0 Å². The van der Waals surface area contributed by atoms with Gasteiger partial charge in [-0.1, -0.05) is 36.8 Å². The number of nitrogens with zero attached hydrogens (tertiary/aromatic N) is 1. The van der Waals surface area contributed by atoms with Crippen molar-refractivity contribution in [2.24, 2.45) is 0 Å². The predicted molar refractivity (Wildman–Crippen MR) is 101 cm³/mol. The molecule has 1 heterocycles. The van der Waals surface area contributed by atoms with E-state index in [9.17, 15) is 9.90 Å². The van der Waals surface area contributed by atoms with Crippen molar-refractivity contribution in [1.82, 2.24) is 4.98 Å². The molecule has 3 rings (SSSR count). The fourth-order valence-corrected chi connectivity index (χ4v) is 3.31. The zero-order valence-electron chi connectivity index (χ0n) is 14.9. The van der Waals surface area contributed by atoms with Crippen LogP contribution in [0.25, 0.3) is 0 Å². The molecule has 1 aromatic heterocycles. The number of hydrogen-bond acceptors (Lipinski definition) is 5. The summed E-state index contributed by atoms with van der Waals surface area (Å²) in [6.07, 6.45) is 7.67. The Morgan fingerprint density at radius 3 is 2.69 bits per heavy atom. The molecule has 0 saturated heterocycles. The molecule has 1 aromatic carbocycles. The van der Waals surface area contributed by atoms with E-state index in [1.807, 2.05) is 30.3 Å². The molecule has 0 bridgehead atoms. The number of aliphatic hydroxyl groups is 1. The molecular weight excluding hydrogens is 328 g/mol. The summed E-state index contributed by atoms with van der Waals surface area (Å²) in [5.74, 6) is 0.268. The monoisotopic (exact) mass is 354 g/mol. The zero-order chi connectivity index (χ0) is 18.2. The molecule has 26 heavy (non-hydrogen) atoms. The lowest BCUT2D eigenvalue weighted by Gasteiger charge is -2.22. The third-order valence-corrected chi connectivity index (χ3v) is 4.72. The second kappa shape index (κ2) is 9.34. The lowest BCUT2D eigenvalue weighted by molar-refractivity contribution is 0.0211. The first-order valence-electron chi connectivity index (χ1n) is 9.33. The number of pyridine rings is 1. The largest absolute Gasteiger partial charge is 0.459 e. The molecule has 1 atom stereocenters. The van der Waals surface area contributed by atoms with Crippen LogP contribution in [0.2, 0.25) is 0 Å². The van der Waals surface area contributed by atoms with Gasteiger partial charge < -0.3 is 15.2 Å². The van der Waals surface area contributed by atoms with Crippen LogP contribution in [0, 0.1) is 0 Å². The molecule has 138 valence electrons. The third-order valence-electron chi connectivity index (χ3n) is 4.72. The maximum absolute atomic E-state index is 12.4. The fraction of sp³-hybridized carbons (Fsp3) is 0.429. The number of carbonyl (C=O) groups excluding carboxylic acids is 1. The van der Waals surface area contributed by atoms with Crippen LogP contribution in [-0.2, 0) is 11.2 Å². The van der Waals surface area contributed by atoms with Crippen LogP contribution in [0.3, 0.4) is 0 Å². The third kappa shape index (κ3) is 5.30. The first kappa shape index (κ1) is 18.4. The summed E-state index contributed by atoms with van der Waals surface area (Å²) < 4.78 is 5.62. The normalized spacial score (nSPS) is 16.0. The van der Waals surface area contributed by atoms with Crippen LogP contribution in [0.5, 0.6) is 0 Å². The summed E-state index contributed by atoms with van der Waals surface area (Å²) in [6.45, 7) is -0.0205. The number of nitrogens with one attached hydrogen (secondary N) is 1. The molecule has 0 amide bonds. The Morgan fingerprint density at radius 1 is 1.19 bits per heavy atom. The summed E-state index contributed by atoms with van der Waals surface area (Å²) in [6, 6.07) is 13.2. The molecule has 1 saturated carbocycles. The molecule has 0 radical (unpaired) electrons. The van der Waals surface area contributed by atoms with Crippen molar-refractivity contribution in [3.63, 3.8) is 0 Å². The number of esters is 1. The average Bonchev–Trinajstić information content (AvgIpc) is 2.69. The fourth-order valence-electron chi connectivity index (χ4n) is 3.31. The highest BCUT2D eigenvalue weighted by Gasteiger charge is 2.19. The quantitative estimate of drug-likeness (QED) is 0.744. The standard InChI is InChI=1S/C21H26N2O3/c24-15-18(13-16-7-3-1-4-8-16)23-20-14-17(11-12-22-20)21(25)26-19-9-5-2-6-10-19/h1,3-4,7-8,11-12,14,18-19,24H,2,5-6,9-10,13,15H2,(H,22,23)/t18-/m1/s1. The molecule has 5 heteroatoms. The van der Waals surface area contributed by atoms with E-state index in [-0.39, 0.29) is 24.7 Å². The number of benzene rings is 1. The van der Waals surface area contributed by atoms with Crippen molar-refractivity contribution >= 4 is 11.8 Å². The van der Waals surface area contributed by atoms with Gasteiger partial charge in [-0.25, -0.2) is 9.78 Å². The van der Waals surface area contributed by atoms with Gasteiger partial charge in [0.2, 0.25) is 0 Å². The van der Waals surface area contributed by atoms with E-state index in [4.69, 9.17) is 4.74 Å². The molecule has 1 aliphatic carbocycles. The van der Waals surface area contributed by atoms with Crippen molar-refractivity contribution in [2.75, 3.05) is 11.9 Å².